The predicted octanol–water partition coefficient (Wildman–Crippen LogP) is 2.68. The first-order valence-corrected chi connectivity index (χ1v) is 11.2. The van der Waals surface area contributed by atoms with E-state index in [4.69, 9.17) is 14.2 Å². The van der Waals surface area contributed by atoms with Gasteiger partial charge in [0.15, 0.2) is 11.5 Å². The van der Waals surface area contributed by atoms with E-state index in [9.17, 15) is 14.4 Å². The van der Waals surface area contributed by atoms with E-state index in [0.29, 0.717) is 49.8 Å². The summed E-state index contributed by atoms with van der Waals surface area (Å²) >= 11 is 0. The average molecular weight is 447 g/mol. The number of methoxy groups -OCH3 is 2. The molecule has 176 valence electrons. The first-order chi connectivity index (χ1) is 15.2. The Labute approximate surface area is 189 Å². The zero-order valence-corrected chi connectivity index (χ0v) is 19.7. The summed E-state index contributed by atoms with van der Waals surface area (Å²) in [6, 6.07) is 4.61. The van der Waals surface area contributed by atoms with Gasteiger partial charge in [-0.1, -0.05) is 20.8 Å². The van der Waals surface area contributed by atoms with Crippen LogP contribution in [0.4, 0.5) is 0 Å². The molecule has 0 spiro atoms. The average Bonchev–Trinajstić information content (AvgIpc) is 2.80. The molecule has 2 fully saturated rings. The highest BCUT2D eigenvalue weighted by atomic mass is 16.5. The number of piperazine rings is 1. The zero-order chi connectivity index (χ0) is 23.5. The number of carbonyl (C=O) groups is 3. The van der Waals surface area contributed by atoms with Gasteiger partial charge in [-0.3, -0.25) is 14.4 Å². The van der Waals surface area contributed by atoms with Crippen molar-refractivity contribution in [1.82, 2.24) is 9.80 Å². The summed E-state index contributed by atoms with van der Waals surface area (Å²) in [5, 5.41) is 0. The van der Waals surface area contributed by atoms with Crippen LogP contribution in [0.3, 0.4) is 0 Å². The number of nitrogens with zero attached hydrogens (tertiary/aromatic N) is 2. The standard InChI is InChI=1S/C24H34N2O6/c1-6-24(2,3)21(27)23(29)26-16-8-7-9-18(26)22(28)25(15-16)12-13-32-17-10-11-19(30-4)20(14-17)31-5/h10-11,14,16,18H,6-9,12-13,15H2,1-5H3/t16-,18+/m1/s1. The van der Waals surface area contributed by atoms with E-state index < -0.39 is 23.1 Å². The lowest BCUT2D eigenvalue weighted by atomic mass is 9.82. The Hall–Kier alpha value is -2.77. The van der Waals surface area contributed by atoms with Crippen molar-refractivity contribution in [2.45, 2.75) is 58.5 Å². The predicted molar refractivity (Wildman–Crippen MR) is 119 cm³/mol. The number of rotatable bonds is 9. The largest absolute Gasteiger partial charge is 0.493 e. The highest BCUT2D eigenvalue weighted by Crippen LogP contribution is 2.33. The smallest absolute Gasteiger partial charge is 0.291 e. The van der Waals surface area contributed by atoms with Crippen molar-refractivity contribution >= 4 is 17.6 Å². The first-order valence-electron chi connectivity index (χ1n) is 11.2. The molecule has 0 N–H and O–H groups in total. The minimum atomic E-state index is -0.723. The summed E-state index contributed by atoms with van der Waals surface area (Å²) < 4.78 is 16.4. The fourth-order valence-corrected chi connectivity index (χ4v) is 4.31. The van der Waals surface area contributed by atoms with Crippen LogP contribution in [0.15, 0.2) is 18.2 Å². The molecule has 0 aromatic heterocycles. The third-order valence-electron chi connectivity index (χ3n) is 6.68. The van der Waals surface area contributed by atoms with E-state index in [2.05, 4.69) is 0 Å². The number of Topliss-reactive ketones (excluding diaryl/α,β-unsaturated/α-hetero) is 1. The minimum Gasteiger partial charge on any atom is -0.493 e. The van der Waals surface area contributed by atoms with Crippen LogP contribution >= 0.6 is 0 Å². The number of carbonyl (C=O) groups excluding carboxylic acids is 3. The van der Waals surface area contributed by atoms with Crippen LogP contribution < -0.4 is 14.2 Å². The molecule has 0 saturated carbocycles. The van der Waals surface area contributed by atoms with Crippen LogP contribution in [-0.4, -0.2) is 73.4 Å². The van der Waals surface area contributed by atoms with Crippen LogP contribution in [0, 0.1) is 5.41 Å². The SMILES string of the molecule is CCC(C)(C)C(=O)C(=O)N1[C@@H]2CCC[C@H]1C(=O)N(CCOc1ccc(OC)c(OC)c1)C2. The summed E-state index contributed by atoms with van der Waals surface area (Å²) in [5.41, 5.74) is -0.723. The molecule has 1 aromatic carbocycles. The Balaban J connectivity index is 1.64. The maximum absolute atomic E-state index is 13.1. The lowest BCUT2D eigenvalue weighted by molar-refractivity contribution is -0.165. The van der Waals surface area contributed by atoms with Crippen molar-refractivity contribution < 1.29 is 28.6 Å². The summed E-state index contributed by atoms with van der Waals surface area (Å²) in [6.45, 7) is 6.62. The number of ether oxygens (including phenoxy) is 3. The van der Waals surface area contributed by atoms with Gasteiger partial charge >= 0.3 is 0 Å². The monoisotopic (exact) mass is 446 g/mol. The van der Waals surface area contributed by atoms with Gasteiger partial charge in [0.1, 0.15) is 18.4 Å². The van der Waals surface area contributed by atoms with E-state index in [-0.39, 0.29) is 11.9 Å². The van der Waals surface area contributed by atoms with Crippen molar-refractivity contribution in [3.05, 3.63) is 18.2 Å². The summed E-state index contributed by atoms with van der Waals surface area (Å²) in [4.78, 5) is 42.3. The van der Waals surface area contributed by atoms with Gasteiger partial charge in [-0.15, -0.1) is 0 Å². The molecule has 32 heavy (non-hydrogen) atoms. The molecule has 2 atom stereocenters. The molecule has 0 unspecified atom stereocenters. The molecule has 8 heteroatoms. The number of hydrogen-bond acceptors (Lipinski definition) is 6. The second-order valence-corrected chi connectivity index (χ2v) is 9.03. The van der Waals surface area contributed by atoms with Gasteiger partial charge in [0, 0.05) is 18.0 Å². The molecule has 0 radical (unpaired) electrons. The lowest BCUT2D eigenvalue weighted by Crippen LogP contribution is -2.67. The Kier molecular flexibility index (Phi) is 7.31. The summed E-state index contributed by atoms with van der Waals surface area (Å²) in [7, 11) is 3.13. The van der Waals surface area contributed by atoms with Crippen LogP contribution in [-0.2, 0) is 14.4 Å². The van der Waals surface area contributed by atoms with Crippen molar-refractivity contribution in [3.63, 3.8) is 0 Å². The van der Waals surface area contributed by atoms with Gasteiger partial charge in [0.05, 0.1) is 26.8 Å². The van der Waals surface area contributed by atoms with E-state index in [0.717, 1.165) is 12.8 Å². The highest BCUT2D eigenvalue weighted by Gasteiger charge is 2.48. The van der Waals surface area contributed by atoms with Crippen molar-refractivity contribution in [1.29, 1.82) is 0 Å². The molecule has 2 heterocycles. The van der Waals surface area contributed by atoms with Crippen molar-refractivity contribution in [3.8, 4) is 17.2 Å². The maximum Gasteiger partial charge on any atom is 0.291 e. The molecule has 0 aliphatic carbocycles. The van der Waals surface area contributed by atoms with Crippen molar-refractivity contribution in [2.75, 3.05) is 33.9 Å². The Morgan fingerprint density at radius 1 is 1.12 bits per heavy atom. The lowest BCUT2D eigenvalue weighted by Gasteiger charge is -2.49. The van der Waals surface area contributed by atoms with E-state index in [1.54, 1.807) is 56.1 Å². The summed E-state index contributed by atoms with van der Waals surface area (Å²) in [6.07, 6.45) is 2.84. The van der Waals surface area contributed by atoms with E-state index >= 15 is 0 Å². The third kappa shape index (κ3) is 4.69. The van der Waals surface area contributed by atoms with Crippen LogP contribution in [0.5, 0.6) is 17.2 Å². The molecule has 2 aliphatic heterocycles. The van der Waals surface area contributed by atoms with Gasteiger partial charge < -0.3 is 24.0 Å². The number of amides is 2. The minimum absolute atomic E-state index is 0.104. The fourth-order valence-electron chi connectivity index (χ4n) is 4.31. The first kappa shape index (κ1) is 23.9. The number of ketones is 1. The topological polar surface area (TPSA) is 85.4 Å². The van der Waals surface area contributed by atoms with Crippen LogP contribution in [0.25, 0.3) is 0 Å². The molecule has 3 rings (SSSR count). The molecular weight excluding hydrogens is 412 g/mol. The molecule has 2 bridgehead atoms. The van der Waals surface area contributed by atoms with E-state index in [1.807, 2.05) is 6.92 Å². The number of piperidine rings is 1. The molecule has 1 aromatic rings. The quantitative estimate of drug-likeness (QED) is 0.542. The van der Waals surface area contributed by atoms with Gasteiger partial charge in [0.25, 0.3) is 5.91 Å². The highest BCUT2D eigenvalue weighted by molar-refractivity contribution is 6.38. The Bertz CT molecular complexity index is 868. The second kappa shape index (κ2) is 9.79. The van der Waals surface area contributed by atoms with Gasteiger partial charge in [-0.05, 0) is 37.8 Å². The van der Waals surface area contributed by atoms with Gasteiger partial charge in [-0.25, -0.2) is 0 Å². The van der Waals surface area contributed by atoms with Crippen LogP contribution in [0.2, 0.25) is 0 Å². The Morgan fingerprint density at radius 3 is 2.50 bits per heavy atom. The molecule has 8 nitrogen and oxygen atoms in total. The zero-order valence-electron chi connectivity index (χ0n) is 19.7. The van der Waals surface area contributed by atoms with Crippen LogP contribution in [0.1, 0.15) is 46.5 Å². The Morgan fingerprint density at radius 2 is 1.84 bits per heavy atom. The number of benzene rings is 1. The summed E-state index contributed by atoms with van der Waals surface area (Å²) in [5.74, 6) is 0.784. The number of fused-ring (bicyclic) bond motifs is 2. The number of hydrogen-bond donors (Lipinski definition) is 0. The molecular formula is C24H34N2O6. The fraction of sp³-hybridized carbons (Fsp3) is 0.625. The molecule has 2 aliphatic rings. The van der Waals surface area contributed by atoms with Gasteiger partial charge in [0.2, 0.25) is 11.7 Å². The van der Waals surface area contributed by atoms with Crippen molar-refractivity contribution in [2.24, 2.45) is 5.41 Å². The van der Waals surface area contributed by atoms with Gasteiger partial charge in [-0.2, -0.15) is 0 Å². The van der Waals surface area contributed by atoms with E-state index in [1.165, 1.54) is 0 Å². The normalized spacial score (nSPS) is 20.7. The molecule has 2 saturated heterocycles. The number of likely N-dealkylation sites (tertiary alicyclic amines) is 1. The third-order valence-corrected chi connectivity index (χ3v) is 6.68. The molecule has 2 amide bonds. The maximum atomic E-state index is 13.1. The second-order valence-electron chi connectivity index (χ2n) is 9.03.